The van der Waals surface area contributed by atoms with Crippen LogP contribution in [0.1, 0.15) is 38.2 Å². The van der Waals surface area contributed by atoms with E-state index in [9.17, 15) is 9.59 Å². The number of amides is 2. The SMILES string of the molecule is CCCCCCn1ccc2c(CC3SC(=O)NC3=O)cccc21. The van der Waals surface area contributed by atoms with Crippen LogP contribution >= 0.6 is 11.8 Å². The second-order valence-electron chi connectivity index (χ2n) is 6.01. The summed E-state index contributed by atoms with van der Waals surface area (Å²) in [5.41, 5.74) is 2.35. The molecule has 0 saturated carbocycles. The quantitative estimate of drug-likeness (QED) is 0.777. The van der Waals surface area contributed by atoms with Crippen LogP contribution in [0.5, 0.6) is 0 Å². The van der Waals surface area contributed by atoms with Crippen LogP contribution in [0, 0.1) is 0 Å². The molecule has 5 heteroatoms. The first-order valence-corrected chi connectivity index (χ1v) is 9.15. The summed E-state index contributed by atoms with van der Waals surface area (Å²) >= 11 is 1.10. The normalized spacial score (nSPS) is 17.9. The summed E-state index contributed by atoms with van der Waals surface area (Å²) in [6, 6.07) is 8.36. The molecule has 1 aromatic heterocycles. The van der Waals surface area contributed by atoms with Crippen LogP contribution in [0.15, 0.2) is 30.5 Å². The van der Waals surface area contributed by atoms with Crippen molar-refractivity contribution >= 4 is 33.8 Å². The van der Waals surface area contributed by atoms with Crippen LogP contribution in [-0.4, -0.2) is 21.0 Å². The average Bonchev–Trinajstić information content (AvgIpc) is 3.08. The molecule has 1 aliphatic rings. The number of thioether (sulfide) groups is 1. The molecule has 1 fully saturated rings. The number of rotatable bonds is 7. The Morgan fingerprint density at radius 1 is 1.17 bits per heavy atom. The van der Waals surface area contributed by atoms with Gasteiger partial charge in [0.25, 0.3) is 5.24 Å². The van der Waals surface area contributed by atoms with Gasteiger partial charge in [0.15, 0.2) is 0 Å². The third-order valence-electron chi connectivity index (χ3n) is 4.33. The lowest BCUT2D eigenvalue weighted by Crippen LogP contribution is -2.25. The largest absolute Gasteiger partial charge is 0.347 e. The van der Waals surface area contributed by atoms with Crippen molar-refractivity contribution < 1.29 is 9.59 Å². The van der Waals surface area contributed by atoms with E-state index in [1.54, 1.807) is 0 Å². The molecular formula is C18H22N2O2S. The van der Waals surface area contributed by atoms with E-state index >= 15 is 0 Å². The van der Waals surface area contributed by atoms with Gasteiger partial charge in [-0.25, -0.2) is 0 Å². The number of carbonyl (C=O) groups excluding carboxylic acids is 2. The number of benzene rings is 1. The first kappa shape index (κ1) is 16.1. The lowest BCUT2D eigenvalue weighted by molar-refractivity contribution is -0.118. The minimum Gasteiger partial charge on any atom is -0.347 e. The molecule has 0 aliphatic carbocycles. The van der Waals surface area contributed by atoms with E-state index < -0.39 is 0 Å². The molecule has 2 amide bonds. The van der Waals surface area contributed by atoms with E-state index in [4.69, 9.17) is 0 Å². The molecule has 1 aromatic carbocycles. The maximum atomic E-state index is 11.8. The number of carbonyl (C=O) groups is 2. The van der Waals surface area contributed by atoms with Crippen LogP contribution < -0.4 is 5.32 Å². The molecule has 2 heterocycles. The highest BCUT2D eigenvalue weighted by atomic mass is 32.2. The molecule has 0 spiro atoms. The van der Waals surface area contributed by atoms with Crippen molar-refractivity contribution in [3.05, 3.63) is 36.0 Å². The second-order valence-corrected chi connectivity index (χ2v) is 7.18. The van der Waals surface area contributed by atoms with Gasteiger partial charge in [-0.3, -0.25) is 14.9 Å². The van der Waals surface area contributed by atoms with Gasteiger partial charge in [-0.1, -0.05) is 50.1 Å². The Bertz CT molecular complexity index is 723. The van der Waals surface area contributed by atoms with Crippen molar-refractivity contribution in [3.8, 4) is 0 Å². The molecule has 122 valence electrons. The zero-order valence-corrected chi connectivity index (χ0v) is 14.2. The van der Waals surface area contributed by atoms with E-state index in [1.165, 1.54) is 36.6 Å². The Morgan fingerprint density at radius 3 is 2.78 bits per heavy atom. The van der Waals surface area contributed by atoms with Gasteiger partial charge in [0.1, 0.15) is 0 Å². The third-order valence-corrected chi connectivity index (χ3v) is 5.31. The van der Waals surface area contributed by atoms with Gasteiger partial charge >= 0.3 is 0 Å². The molecule has 1 unspecified atom stereocenters. The summed E-state index contributed by atoms with van der Waals surface area (Å²) < 4.78 is 2.29. The number of hydrogen-bond acceptors (Lipinski definition) is 3. The number of hydrogen-bond donors (Lipinski definition) is 1. The van der Waals surface area contributed by atoms with Gasteiger partial charge in [-0.15, -0.1) is 0 Å². The Hall–Kier alpha value is -1.75. The van der Waals surface area contributed by atoms with Crippen LogP contribution in [0.4, 0.5) is 4.79 Å². The predicted molar refractivity (Wildman–Crippen MR) is 94.7 cm³/mol. The fraction of sp³-hybridized carbons (Fsp3) is 0.444. The van der Waals surface area contributed by atoms with E-state index in [-0.39, 0.29) is 16.4 Å². The van der Waals surface area contributed by atoms with Gasteiger partial charge in [-0.2, -0.15) is 0 Å². The highest BCUT2D eigenvalue weighted by Crippen LogP contribution is 2.27. The summed E-state index contributed by atoms with van der Waals surface area (Å²) in [6.07, 6.45) is 7.71. The van der Waals surface area contributed by atoms with E-state index in [0.29, 0.717) is 6.42 Å². The van der Waals surface area contributed by atoms with Gasteiger partial charge in [-0.05, 0) is 30.5 Å². The van der Waals surface area contributed by atoms with Crippen LogP contribution in [0.3, 0.4) is 0 Å². The highest BCUT2D eigenvalue weighted by Gasteiger charge is 2.31. The molecule has 0 bridgehead atoms. The fourth-order valence-corrected chi connectivity index (χ4v) is 3.94. The molecular weight excluding hydrogens is 308 g/mol. The first-order chi connectivity index (χ1) is 11.2. The number of aromatic nitrogens is 1. The van der Waals surface area contributed by atoms with E-state index in [0.717, 1.165) is 23.9 Å². The maximum Gasteiger partial charge on any atom is 0.286 e. The van der Waals surface area contributed by atoms with Gasteiger partial charge in [0.05, 0.1) is 5.25 Å². The molecule has 23 heavy (non-hydrogen) atoms. The Balaban J connectivity index is 1.76. The van der Waals surface area contributed by atoms with Crippen molar-refractivity contribution in [1.82, 2.24) is 9.88 Å². The van der Waals surface area contributed by atoms with Crippen molar-refractivity contribution in [1.29, 1.82) is 0 Å². The van der Waals surface area contributed by atoms with Crippen LogP contribution in [0.25, 0.3) is 10.9 Å². The summed E-state index contributed by atoms with van der Waals surface area (Å²) in [7, 11) is 0. The van der Waals surface area contributed by atoms with Crippen molar-refractivity contribution in [2.24, 2.45) is 0 Å². The maximum absolute atomic E-state index is 11.8. The summed E-state index contributed by atoms with van der Waals surface area (Å²) in [6.45, 7) is 3.25. The van der Waals surface area contributed by atoms with E-state index in [1.807, 2.05) is 6.07 Å². The standard InChI is InChI=1S/C18H22N2O2S/c1-2-3-4-5-10-20-11-9-14-13(7-6-8-15(14)20)12-16-17(21)19-18(22)23-16/h6-9,11,16H,2-5,10,12H2,1H3,(H,19,21,22). The monoisotopic (exact) mass is 330 g/mol. The van der Waals surface area contributed by atoms with E-state index in [2.05, 4.69) is 41.2 Å². The number of aryl methyl sites for hydroxylation is 1. The van der Waals surface area contributed by atoms with Crippen molar-refractivity contribution in [2.45, 2.75) is 50.8 Å². The second kappa shape index (κ2) is 7.21. The van der Waals surface area contributed by atoms with Crippen LogP contribution in [-0.2, 0) is 17.8 Å². The highest BCUT2D eigenvalue weighted by molar-refractivity contribution is 8.15. The van der Waals surface area contributed by atoms with Crippen molar-refractivity contribution in [3.63, 3.8) is 0 Å². The lowest BCUT2D eigenvalue weighted by Gasteiger charge is -2.09. The molecule has 1 atom stereocenters. The number of unbranched alkanes of at least 4 members (excludes halogenated alkanes) is 3. The Labute approximate surface area is 140 Å². The predicted octanol–water partition coefficient (Wildman–Crippen LogP) is 4.12. The van der Waals surface area contributed by atoms with Gasteiger partial charge < -0.3 is 4.57 Å². The third kappa shape index (κ3) is 3.61. The van der Waals surface area contributed by atoms with Gasteiger partial charge in [0.2, 0.25) is 5.91 Å². The smallest absolute Gasteiger partial charge is 0.286 e. The Kier molecular flexibility index (Phi) is 5.06. The summed E-state index contributed by atoms with van der Waals surface area (Å²) in [5.74, 6) is -0.170. The minimum absolute atomic E-state index is 0.170. The molecule has 1 saturated heterocycles. The Morgan fingerprint density at radius 2 is 2.04 bits per heavy atom. The molecule has 3 rings (SSSR count). The molecule has 2 aromatic rings. The number of imide groups is 1. The topological polar surface area (TPSA) is 51.1 Å². The summed E-state index contributed by atoms with van der Waals surface area (Å²) in [4.78, 5) is 23.1. The zero-order valence-electron chi connectivity index (χ0n) is 13.4. The van der Waals surface area contributed by atoms with Gasteiger partial charge in [0, 0.05) is 23.6 Å². The number of fused-ring (bicyclic) bond motifs is 1. The minimum atomic E-state index is -0.305. The first-order valence-electron chi connectivity index (χ1n) is 8.27. The lowest BCUT2D eigenvalue weighted by atomic mass is 10.0. The molecule has 1 N–H and O–H groups in total. The average molecular weight is 330 g/mol. The van der Waals surface area contributed by atoms with Crippen LogP contribution in [0.2, 0.25) is 0 Å². The number of nitrogens with zero attached hydrogens (tertiary/aromatic N) is 1. The molecule has 4 nitrogen and oxygen atoms in total. The molecule has 0 radical (unpaired) electrons. The summed E-state index contributed by atoms with van der Waals surface area (Å²) in [5, 5.41) is 3.01. The molecule has 1 aliphatic heterocycles. The number of nitrogens with one attached hydrogen (secondary N) is 1. The zero-order chi connectivity index (χ0) is 16.2. The van der Waals surface area contributed by atoms with Crippen molar-refractivity contribution in [2.75, 3.05) is 0 Å². The fourth-order valence-electron chi connectivity index (χ4n) is 3.10.